The van der Waals surface area contributed by atoms with Gasteiger partial charge in [-0.1, -0.05) is 17.7 Å². The first-order valence-corrected chi connectivity index (χ1v) is 4.69. The minimum Gasteiger partial charge on any atom is -0.366 e. The molecule has 4 heteroatoms. The van der Waals surface area contributed by atoms with Crippen LogP contribution in [-0.2, 0) is 4.79 Å². The smallest absolute Gasteiger partial charge is 0.241 e. The van der Waals surface area contributed by atoms with E-state index in [2.05, 4.69) is 15.9 Å². The van der Waals surface area contributed by atoms with Crippen molar-refractivity contribution in [1.29, 1.82) is 0 Å². The molecule has 1 aromatic carbocycles. The molecular formula is C9H7BrClNO. The summed E-state index contributed by atoms with van der Waals surface area (Å²) in [6, 6.07) is 5.35. The molecule has 1 rings (SSSR count). The third-order valence-electron chi connectivity index (χ3n) is 1.38. The second kappa shape index (κ2) is 4.44. The van der Waals surface area contributed by atoms with Crippen LogP contribution >= 0.6 is 27.5 Å². The van der Waals surface area contributed by atoms with Crippen molar-refractivity contribution in [2.45, 2.75) is 0 Å². The van der Waals surface area contributed by atoms with E-state index in [-0.39, 0.29) is 0 Å². The van der Waals surface area contributed by atoms with Gasteiger partial charge in [0.25, 0.3) is 0 Å². The van der Waals surface area contributed by atoms with Gasteiger partial charge in [0.05, 0.1) is 5.02 Å². The molecular weight excluding hydrogens is 253 g/mol. The Kier molecular flexibility index (Phi) is 3.51. The van der Waals surface area contributed by atoms with E-state index >= 15 is 0 Å². The fourth-order valence-corrected chi connectivity index (χ4v) is 1.31. The van der Waals surface area contributed by atoms with Crippen molar-refractivity contribution in [3.05, 3.63) is 39.3 Å². The van der Waals surface area contributed by atoms with Gasteiger partial charge in [0, 0.05) is 10.5 Å². The van der Waals surface area contributed by atoms with E-state index in [1.807, 2.05) is 6.07 Å². The first-order valence-electron chi connectivity index (χ1n) is 3.52. The summed E-state index contributed by atoms with van der Waals surface area (Å²) in [4.78, 5) is 10.4. The maximum Gasteiger partial charge on any atom is 0.241 e. The fourth-order valence-electron chi connectivity index (χ4n) is 0.794. The average Bonchev–Trinajstić information content (AvgIpc) is 2.07. The molecule has 0 heterocycles. The Balaban J connectivity index is 2.92. The van der Waals surface area contributed by atoms with Crippen LogP contribution in [0.25, 0.3) is 6.08 Å². The molecule has 13 heavy (non-hydrogen) atoms. The van der Waals surface area contributed by atoms with Gasteiger partial charge in [-0.15, -0.1) is 0 Å². The summed E-state index contributed by atoms with van der Waals surface area (Å²) in [6.45, 7) is 0. The lowest BCUT2D eigenvalue weighted by atomic mass is 10.2. The minimum atomic E-state index is -0.467. The number of halogens is 2. The van der Waals surface area contributed by atoms with Crippen LogP contribution in [0.1, 0.15) is 5.56 Å². The molecule has 2 N–H and O–H groups in total. The van der Waals surface area contributed by atoms with Crippen LogP contribution in [-0.4, -0.2) is 5.91 Å². The zero-order valence-electron chi connectivity index (χ0n) is 6.63. The van der Waals surface area contributed by atoms with E-state index in [1.165, 1.54) is 6.08 Å². The standard InChI is InChI=1S/C9H7BrClNO/c10-7-5-6(1-3-8(7)11)2-4-9(12)13/h1-5H,(H2,12,13). The number of nitrogens with two attached hydrogens (primary N) is 1. The molecule has 0 radical (unpaired) electrons. The number of primary amides is 1. The lowest BCUT2D eigenvalue weighted by Gasteiger charge is -1.96. The summed E-state index contributed by atoms with van der Waals surface area (Å²) < 4.78 is 0.792. The second-order valence-corrected chi connectivity index (χ2v) is 3.67. The molecule has 0 aliphatic rings. The van der Waals surface area contributed by atoms with Crippen molar-refractivity contribution < 1.29 is 4.79 Å². The molecule has 68 valence electrons. The third-order valence-corrected chi connectivity index (χ3v) is 2.60. The highest BCUT2D eigenvalue weighted by Crippen LogP contribution is 2.23. The summed E-state index contributed by atoms with van der Waals surface area (Å²) in [5.74, 6) is -0.467. The molecule has 0 atom stereocenters. The van der Waals surface area contributed by atoms with Gasteiger partial charge in [0.2, 0.25) is 5.91 Å². The molecule has 1 aromatic rings. The van der Waals surface area contributed by atoms with Gasteiger partial charge in [-0.2, -0.15) is 0 Å². The number of amides is 1. The quantitative estimate of drug-likeness (QED) is 0.816. The number of hydrogen-bond donors (Lipinski definition) is 1. The number of hydrogen-bond acceptors (Lipinski definition) is 1. The van der Waals surface area contributed by atoms with Crippen molar-refractivity contribution in [1.82, 2.24) is 0 Å². The van der Waals surface area contributed by atoms with Crippen molar-refractivity contribution in [3.8, 4) is 0 Å². The molecule has 0 bridgehead atoms. The first kappa shape index (κ1) is 10.3. The van der Waals surface area contributed by atoms with Crippen molar-refractivity contribution in [2.24, 2.45) is 5.73 Å². The number of carbonyl (C=O) groups excluding carboxylic acids is 1. The molecule has 0 aliphatic heterocycles. The van der Waals surface area contributed by atoms with Gasteiger partial charge in [-0.05, 0) is 39.7 Å². The van der Waals surface area contributed by atoms with Crippen molar-refractivity contribution in [2.75, 3.05) is 0 Å². The van der Waals surface area contributed by atoms with E-state index in [0.717, 1.165) is 10.0 Å². The molecule has 0 saturated heterocycles. The molecule has 0 fully saturated rings. The maximum absolute atomic E-state index is 10.4. The summed E-state index contributed by atoms with van der Waals surface area (Å²) in [7, 11) is 0. The topological polar surface area (TPSA) is 43.1 Å². The summed E-state index contributed by atoms with van der Waals surface area (Å²) in [5, 5.41) is 0.635. The maximum atomic E-state index is 10.4. The predicted molar refractivity (Wildman–Crippen MR) is 57.4 cm³/mol. The largest absolute Gasteiger partial charge is 0.366 e. The van der Waals surface area contributed by atoms with E-state index < -0.39 is 5.91 Å². The Hall–Kier alpha value is -0.800. The van der Waals surface area contributed by atoms with Crippen molar-refractivity contribution in [3.63, 3.8) is 0 Å². The fraction of sp³-hybridized carbons (Fsp3) is 0. The van der Waals surface area contributed by atoms with Crippen LogP contribution in [0, 0.1) is 0 Å². The second-order valence-electron chi connectivity index (χ2n) is 2.41. The molecule has 1 amide bonds. The van der Waals surface area contributed by atoms with Gasteiger partial charge in [0.1, 0.15) is 0 Å². The predicted octanol–water partition coefficient (Wildman–Crippen LogP) is 2.60. The summed E-state index contributed by atoms with van der Waals surface area (Å²) >= 11 is 9.05. The van der Waals surface area contributed by atoms with E-state index in [9.17, 15) is 4.79 Å². The molecule has 2 nitrogen and oxygen atoms in total. The van der Waals surface area contributed by atoms with Crippen LogP contribution in [0.4, 0.5) is 0 Å². The SMILES string of the molecule is NC(=O)C=Cc1ccc(Cl)c(Br)c1. The monoisotopic (exact) mass is 259 g/mol. The lowest BCUT2D eigenvalue weighted by Crippen LogP contribution is -2.05. The van der Waals surface area contributed by atoms with E-state index in [0.29, 0.717) is 5.02 Å². The van der Waals surface area contributed by atoms with Crippen LogP contribution in [0.15, 0.2) is 28.7 Å². The third kappa shape index (κ3) is 3.20. The Morgan fingerprint density at radius 2 is 2.23 bits per heavy atom. The van der Waals surface area contributed by atoms with Crippen LogP contribution in [0.5, 0.6) is 0 Å². The van der Waals surface area contributed by atoms with Crippen LogP contribution in [0.2, 0.25) is 5.02 Å². The van der Waals surface area contributed by atoms with E-state index in [4.69, 9.17) is 17.3 Å². The van der Waals surface area contributed by atoms with E-state index in [1.54, 1.807) is 18.2 Å². The minimum absolute atomic E-state index is 0.467. The van der Waals surface area contributed by atoms with Gasteiger partial charge in [-0.3, -0.25) is 4.79 Å². The molecule has 0 spiro atoms. The highest BCUT2D eigenvalue weighted by molar-refractivity contribution is 9.10. The Morgan fingerprint density at radius 3 is 2.77 bits per heavy atom. The molecule has 0 aromatic heterocycles. The average molecular weight is 261 g/mol. The van der Waals surface area contributed by atoms with Crippen LogP contribution < -0.4 is 5.73 Å². The lowest BCUT2D eigenvalue weighted by molar-refractivity contribution is -0.113. The summed E-state index contributed by atoms with van der Waals surface area (Å²) in [6.07, 6.45) is 2.93. The number of carbonyl (C=O) groups is 1. The zero-order valence-corrected chi connectivity index (χ0v) is 8.97. The Morgan fingerprint density at radius 1 is 1.54 bits per heavy atom. The Labute approximate surface area is 89.5 Å². The number of rotatable bonds is 2. The molecule has 0 saturated carbocycles. The van der Waals surface area contributed by atoms with Gasteiger partial charge >= 0.3 is 0 Å². The number of benzene rings is 1. The first-order chi connectivity index (χ1) is 6.09. The van der Waals surface area contributed by atoms with Gasteiger partial charge in [0.15, 0.2) is 0 Å². The van der Waals surface area contributed by atoms with Gasteiger partial charge < -0.3 is 5.73 Å². The normalized spacial score (nSPS) is 10.6. The molecule has 0 aliphatic carbocycles. The Bertz CT molecular complexity index is 363. The highest BCUT2D eigenvalue weighted by atomic mass is 79.9. The summed E-state index contributed by atoms with van der Waals surface area (Å²) in [5.41, 5.74) is 5.82. The van der Waals surface area contributed by atoms with Gasteiger partial charge in [-0.25, -0.2) is 0 Å². The molecule has 0 unspecified atom stereocenters. The van der Waals surface area contributed by atoms with Crippen LogP contribution in [0.3, 0.4) is 0 Å². The zero-order chi connectivity index (χ0) is 9.84. The van der Waals surface area contributed by atoms with Crippen molar-refractivity contribution >= 4 is 39.5 Å². The highest BCUT2D eigenvalue weighted by Gasteiger charge is 1.96.